The van der Waals surface area contributed by atoms with Gasteiger partial charge in [0.1, 0.15) is 5.60 Å². The lowest BCUT2D eigenvalue weighted by Gasteiger charge is -2.23. The highest BCUT2D eigenvalue weighted by atomic mass is 16.6. The van der Waals surface area contributed by atoms with Crippen LogP contribution in [0.5, 0.6) is 0 Å². The van der Waals surface area contributed by atoms with Crippen LogP contribution in [0.3, 0.4) is 0 Å². The zero-order chi connectivity index (χ0) is 14.9. The Hall–Kier alpha value is -1.52. The molecule has 0 aliphatic rings. The van der Waals surface area contributed by atoms with E-state index in [4.69, 9.17) is 9.84 Å². The van der Waals surface area contributed by atoms with Gasteiger partial charge in [-0.05, 0) is 46.5 Å². The second kappa shape index (κ2) is 8.56. The van der Waals surface area contributed by atoms with Crippen molar-refractivity contribution in [2.24, 2.45) is 0 Å². The van der Waals surface area contributed by atoms with E-state index in [9.17, 15) is 9.59 Å². The van der Waals surface area contributed by atoms with Gasteiger partial charge in [0.05, 0.1) is 0 Å². The van der Waals surface area contributed by atoms with E-state index in [1.807, 2.05) is 0 Å². The summed E-state index contributed by atoms with van der Waals surface area (Å²) in [5, 5.41) is 11.4. The molecule has 19 heavy (non-hydrogen) atoms. The number of carboxylic acids is 1. The first-order valence-corrected chi connectivity index (χ1v) is 6.57. The van der Waals surface area contributed by atoms with Gasteiger partial charge >= 0.3 is 12.1 Å². The third kappa shape index (κ3) is 11.3. The van der Waals surface area contributed by atoms with Crippen LogP contribution in [0.2, 0.25) is 0 Å². The first-order valence-electron chi connectivity index (χ1n) is 6.57. The molecule has 0 fully saturated rings. The van der Waals surface area contributed by atoms with Crippen LogP contribution in [0.4, 0.5) is 4.79 Å². The van der Waals surface area contributed by atoms with Gasteiger partial charge in [-0.15, -0.1) is 6.58 Å². The molecular weight excluding hydrogens is 246 g/mol. The fourth-order valence-corrected chi connectivity index (χ4v) is 1.58. The monoisotopic (exact) mass is 271 g/mol. The topological polar surface area (TPSA) is 75.6 Å². The summed E-state index contributed by atoms with van der Waals surface area (Å²) in [5.74, 6) is -0.820. The molecular formula is C14H25NO4. The smallest absolute Gasteiger partial charge is 0.407 e. The molecule has 2 N–H and O–H groups in total. The van der Waals surface area contributed by atoms with E-state index >= 15 is 0 Å². The van der Waals surface area contributed by atoms with Crippen molar-refractivity contribution in [1.82, 2.24) is 5.32 Å². The van der Waals surface area contributed by atoms with E-state index in [0.717, 1.165) is 12.8 Å². The number of nitrogens with one attached hydrogen (secondary N) is 1. The van der Waals surface area contributed by atoms with Gasteiger partial charge in [-0.1, -0.05) is 6.08 Å². The number of carboxylic acid groups (broad SMARTS) is 1. The molecule has 0 aromatic heterocycles. The molecule has 1 atom stereocenters. The number of carbonyl (C=O) groups excluding carboxylic acids is 1. The Labute approximate surface area is 115 Å². The first kappa shape index (κ1) is 17.5. The van der Waals surface area contributed by atoms with Crippen LogP contribution >= 0.6 is 0 Å². The molecule has 0 aromatic rings. The summed E-state index contributed by atoms with van der Waals surface area (Å²) in [6, 6.07) is -0.0767. The van der Waals surface area contributed by atoms with Crippen molar-refractivity contribution >= 4 is 12.1 Å². The highest BCUT2D eigenvalue weighted by Gasteiger charge is 2.19. The number of carbonyl (C=O) groups is 2. The number of ether oxygens (including phenoxy) is 1. The minimum Gasteiger partial charge on any atom is -0.481 e. The van der Waals surface area contributed by atoms with Gasteiger partial charge in [-0.3, -0.25) is 4.79 Å². The van der Waals surface area contributed by atoms with Crippen LogP contribution < -0.4 is 5.32 Å². The SMILES string of the molecule is C=CCCC(CCCC(=O)O)NC(=O)OC(C)(C)C. The van der Waals surface area contributed by atoms with Gasteiger partial charge in [-0.25, -0.2) is 4.79 Å². The van der Waals surface area contributed by atoms with Crippen molar-refractivity contribution in [3.05, 3.63) is 12.7 Å². The molecule has 0 bridgehead atoms. The number of amides is 1. The van der Waals surface area contributed by atoms with Crippen LogP contribution in [0.15, 0.2) is 12.7 Å². The Morgan fingerprint density at radius 3 is 2.47 bits per heavy atom. The van der Waals surface area contributed by atoms with Gasteiger partial charge in [0.25, 0.3) is 0 Å². The van der Waals surface area contributed by atoms with Gasteiger partial charge in [0, 0.05) is 12.5 Å². The van der Waals surface area contributed by atoms with E-state index in [0.29, 0.717) is 12.8 Å². The number of hydrogen-bond acceptors (Lipinski definition) is 3. The van der Waals surface area contributed by atoms with Gasteiger partial charge in [0.15, 0.2) is 0 Å². The maximum Gasteiger partial charge on any atom is 0.407 e. The van der Waals surface area contributed by atoms with Crippen LogP contribution in [0.1, 0.15) is 52.9 Å². The predicted octanol–water partition coefficient (Wildman–Crippen LogP) is 3.10. The molecule has 0 aromatic carbocycles. The molecule has 1 amide bonds. The van der Waals surface area contributed by atoms with E-state index in [2.05, 4.69) is 11.9 Å². The Kier molecular flexibility index (Phi) is 7.87. The van der Waals surface area contributed by atoms with E-state index < -0.39 is 17.7 Å². The van der Waals surface area contributed by atoms with Gasteiger partial charge in [0.2, 0.25) is 0 Å². The number of rotatable bonds is 8. The summed E-state index contributed by atoms with van der Waals surface area (Å²) < 4.78 is 5.18. The average molecular weight is 271 g/mol. The van der Waals surface area contributed by atoms with E-state index in [1.54, 1.807) is 26.8 Å². The number of aliphatic carboxylic acids is 1. The molecule has 0 saturated heterocycles. The molecule has 0 spiro atoms. The zero-order valence-electron chi connectivity index (χ0n) is 12.1. The van der Waals surface area contributed by atoms with Crippen molar-refractivity contribution in [2.45, 2.75) is 64.5 Å². The number of hydrogen-bond donors (Lipinski definition) is 2. The minimum absolute atomic E-state index is 0.0767. The first-order chi connectivity index (χ1) is 8.74. The average Bonchev–Trinajstić information content (AvgIpc) is 2.22. The third-order valence-electron chi connectivity index (χ3n) is 2.38. The molecule has 0 heterocycles. The van der Waals surface area contributed by atoms with Crippen LogP contribution in [-0.2, 0) is 9.53 Å². The second-order valence-corrected chi connectivity index (χ2v) is 5.50. The van der Waals surface area contributed by atoms with Crippen LogP contribution in [0, 0.1) is 0 Å². The zero-order valence-corrected chi connectivity index (χ0v) is 12.1. The Morgan fingerprint density at radius 2 is 2.00 bits per heavy atom. The fourth-order valence-electron chi connectivity index (χ4n) is 1.58. The second-order valence-electron chi connectivity index (χ2n) is 5.50. The normalized spacial score (nSPS) is 12.6. The fraction of sp³-hybridized carbons (Fsp3) is 0.714. The van der Waals surface area contributed by atoms with Crippen molar-refractivity contribution in [3.63, 3.8) is 0 Å². The molecule has 5 nitrogen and oxygen atoms in total. The highest BCUT2D eigenvalue weighted by molar-refractivity contribution is 5.68. The maximum absolute atomic E-state index is 11.7. The van der Waals surface area contributed by atoms with Crippen molar-refractivity contribution in [1.29, 1.82) is 0 Å². The molecule has 0 saturated carbocycles. The lowest BCUT2D eigenvalue weighted by Crippen LogP contribution is -2.39. The maximum atomic E-state index is 11.7. The van der Waals surface area contributed by atoms with Crippen molar-refractivity contribution < 1.29 is 19.4 Å². The van der Waals surface area contributed by atoms with Crippen molar-refractivity contribution in [2.75, 3.05) is 0 Å². The quantitative estimate of drug-likeness (QED) is 0.665. The Bertz CT molecular complexity index is 307. The molecule has 5 heteroatoms. The van der Waals surface area contributed by atoms with E-state index in [1.165, 1.54) is 0 Å². The highest BCUT2D eigenvalue weighted by Crippen LogP contribution is 2.11. The number of allylic oxidation sites excluding steroid dienone is 1. The molecule has 110 valence electrons. The summed E-state index contributed by atoms with van der Waals surface area (Å²) in [7, 11) is 0. The standard InChI is InChI=1S/C14H25NO4/c1-5-6-8-11(9-7-10-12(16)17)15-13(18)19-14(2,3)4/h5,11H,1,6-10H2,2-4H3,(H,15,18)(H,16,17). The van der Waals surface area contributed by atoms with Gasteiger partial charge < -0.3 is 15.2 Å². The summed E-state index contributed by atoms with van der Waals surface area (Å²) in [5.41, 5.74) is -0.534. The van der Waals surface area contributed by atoms with Crippen LogP contribution in [-0.4, -0.2) is 28.8 Å². The Balaban J connectivity index is 4.21. The van der Waals surface area contributed by atoms with Crippen molar-refractivity contribution in [3.8, 4) is 0 Å². The van der Waals surface area contributed by atoms with Crippen LogP contribution in [0.25, 0.3) is 0 Å². The number of alkyl carbamates (subject to hydrolysis) is 1. The largest absolute Gasteiger partial charge is 0.481 e. The third-order valence-corrected chi connectivity index (χ3v) is 2.38. The predicted molar refractivity (Wildman–Crippen MR) is 74.1 cm³/mol. The molecule has 0 radical (unpaired) electrons. The summed E-state index contributed by atoms with van der Waals surface area (Å²) in [4.78, 5) is 22.1. The minimum atomic E-state index is -0.820. The lowest BCUT2D eigenvalue weighted by atomic mass is 10.0. The lowest BCUT2D eigenvalue weighted by molar-refractivity contribution is -0.137. The molecule has 0 rings (SSSR count). The Morgan fingerprint density at radius 1 is 1.37 bits per heavy atom. The van der Waals surface area contributed by atoms with Gasteiger partial charge in [-0.2, -0.15) is 0 Å². The summed E-state index contributed by atoms with van der Waals surface area (Å²) >= 11 is 0. The summed E-state index contributed by atoms with van der Waals surface area (Å²) in [6.45, 7) is 9.05. The summed E-state index contributed by atoms with van der Waals surface area (Å²) in [6.07, 6.45) is 4.10. The molecule has 0 aliphatic heterocycles. The molecule has 1 unspecified atom stereocenters. The molecule has 0 aliphatic carbocycles. The van der Waals surface area contributed by atoms with E-state index in [-0.39, 0.29) is 12.5 Å².